The molecule has 0 saturated heterocycles. The van der Waals surface area contributed by atoms with E-state index in [1.807, 2.05) is 26.8 Å². The first-order chi connectivity index (χ1) is 12.5. The van der Waals surface area contributed by atoms with Gasteiger partial charge in [-0.15, -0.1) is 0 Å². The number of rotatable bonds is 2. The third-order valence-electron chi connectivity index (χ3n) is 5.96. The molecule has 0 heterocycles. The zero-order valence-corrected chi connectivity index (χ0v) is 16.7. The Morgan fingerprint density at radius 1 is 1.11 bits per heavy atom. The molecule has 144 valence electrons. The Hall–Kier alpha value is -1.98. The van der Waals surface area contributed by atoms with Crippen LogP contribution in [0.3, 0.4) is 0 Å². The van der Waals surface area contributed by atoms with Gasteiger partial charge in [-0.05, 0) is 35.6 Å². The highest BCUT2D eigenvalue weighted by atomic mass is 32.2. The zero-order chi connectivity index (χ0) is 20.0. The van der Waals surface area contributed by atoms with Gasteiger partial charge in [0.2, 0.25) is 0 Å². The number of hydrogen-bond acceptors (Lipinski definition) is 4. The monoisotopic (exact) mass is 386 g/mol. The van der Waals surface area contributed by atoms with E-state index in [1.54, 1.807) is 42.5 Å². The number of fused-ring (bicyclic) bond motifs is 1. The molecule has 27 heavy (non-hydrogen) atoms. The van der Waals surface area contributed by atoms with Crippen molar-refractivity contribution in [3.05, 3.63) is 66.8 Å². The van der Waals surface area contributed by atoms with E-state index < -0.39 is 37.9 Å². The minimum Gasteiger partial charge on any atom is -0.388 e. The van der Waals surface area contributed by atoms with Crippen LogP contribution >= 0.6 is 0 Å². The van der Waals surface area contributed by atoms with Crippen LogP contribution in [0.4, 0.5) is 0 Å². The summed E-state index contributed by atoms with van der Waals surface area (Å²) in [4.78, 5) is 12.6. The standard InChI is InChI=1S/C22H26O4S/c1-15-17(23)10-12-22(4)13-11-19(24)21(2,3)14-18(20(15)22)27(25,26)16-8-6-5-7-9-16/h5-13,18-20,24H,1,14H2,2-4H3/t18-,19+,20-,22+/m0/s1. The number of hydrogen-bond donors (Lipinski definition) is 1. The van der Waals surface area contributed by atoms with Gasteiger partial charge in [0.25, 0.3) is 0 Å². The molecular formula is C22H26O4S. The summed E-state index contributed by atoms with van der Waals surface area (Å²) in [5.74, 6) is -0.832. The molecule has 0 amide bonds. The first-order valence-corrected chi connectivity index (χ1v) is 10.6. The van der Waals surface area contributed by atoms with E-state index in [0.29, 0.717) is 5.57 Å². The number of sulfone groups is 1. The average molecular weight is 387 g/mol. The van der Waals surface area contributed by atoms with Crippen molar-refractivity contribution in [2.45, 2.75) is 43.4 Å². The van der Waals surface area contributed by atoms with Gasteiger partial charge >= 0.3 is 0 Å². The number of carbonyl (C=O) groups excluding carboxylic acids is 1. The van der Waals surface area contributed by atoms with E-state index in [4.69, 9.17) is 0 Å². The van der Waals surface area contributed by atoms with Gasteiger partial charge in [0.15, 0.2) is 15.6 Å². The summed E-state index contributed by atoms with van der Waals surface area (Å²) in [6.45, 7) is 9.55. The van der Waals surface area contributed by atoms with Crippen LogP contribution in [0, 0.1) is 16.7 Å². The highest BCUT2D eigenvalue weighted by molar-refractivity contribution is 7.92. The van der Waals surface area contributed by atoms with Crippen molar-refractivity contribution >= 4 is 15.6 Å². The largest absolute Gasteiger partial charge is 0.388 e. The third-order valence-corrected chi connectivity index (χ3v) is 8.13. The smallest absolute Gasteiger partial charge is 0.181 e. The van der Waals surface area contributed by atoms with E-state index in [2.05, 4.69) is 6.58 Å². The van der Waals surface area contributed by atoms with Crippen LogP contribution in [0.15, 0.2) is 71.7 Å². The second kappa shape index (κ2) is 6.57. The Kier molecular flexibility index (Phi) is 4.81. The van der Waals surface area contributed by atoms with E-state index >= 15 is 0 Å². The summed E-state index contributed by atoms with van der Waals surface area (Å²) in [6.07, 6.45) is 6.16. The summed E-state index contributed by atoms with van der Waals surface area (Å²) in [5, 5.41) is 9.75. The molecule has 1 aromatic carbocycles. The molecule has 1 aromatic rings. The lowest BCUT2D eigenvalue weighted by Gasteiger charge is -2.46. The second-order valence-electron chi connectivity index (χ2n) is 8.46. The molecule has 1 N–H and O–H groups in total. The van der Waals surface area contributed by atoms with Crippen molar-refractivity contribution in [3.63, 3.8) is 0 Å². The topological polar surface area (TPSA) is 71.4 Å². The molecular weight excluding hydrogens is 360 g/mol. The predicted molar refractivity (Wildman–Crippen MR) is 106 cm³/mol. The van der Waals surface area contributed by atoms with Crippen LogP contribution in [0.25, 0.3) is 0 Å². The second-order valence-corrected chi connectivity index (χ2v) is 10.6. The quantitative estimate of drug-likeness (QED) is 0.624. The van der Waals surface area contributed by atoms with Crippen molar-refractivity contribution in [3.8, 4) is 0 Å². The lowest BCUT2D eigenvalue weighted by molar-refractivity contribution is -0.112. The minimum atomic E-state index is -3.75. The maximum Gasteiger partial charge on any atom is 0.181 e. The van der Waals surface area contributed by atoms with Crippen LogP contribution in [-0.4, -0.2) is 30.7 Å². The van der Waals surface area contributed by atoms with E-state index in [9.17, 15) is 18.3 Å². The Bertz CT molecular complexity index is 924. The number of benzene rings is 1. The predicted octanol–water partition coefficient (Wildman–Crippen LogP) is 3.49. The fourth-order valence-corrected chi connectivity index (χ4v) is 6.52. The van der Waals surface area contributed by atoms with Gasteiger partial charge in [-0.1, -0.05) is 63.8 Å². The van der Waals surface area contributed by atoms with Crippen molar-refractivity contribution < 1.29 is 18.3 Å². The third kappa shape index (κ3) is 3.34. The summed E-state index contributed by atoms with van der Waals surface area (Å²) < 4.78 is 27.2. The number of ketones is 1. The number of aliphatic hydroxyl groups excluding tert-OH is 1. The summed E-state index contributed by atoms with van der Waals surface area (Å²) in [7, 11) is -3.75. The highest BCUT2D eigenvalue weighted by Gasteiger charge is 2.51. The van der Waals surface area contributed by atoms with Gasteiger partial charge < -0.3 is 5.11 Å². The molecule has 0 saturated carbocycles. The van der Waals surface area contributed by atoms with Crippen molar-refractivity contribution in [2.75, 3.05) is 0 Å². The first kappa shape index (κ1) is 19.8. The zero-order valence-electron chi connectivity index (χ0n) is 15.9. The van der Waals surface area contributed by atoms with Gasteiger partial charge in [0.05, 0.1) is 16.2 Å². The molecule has 0 radical (unpaired) electrons. The molecule has 3 rings (SSSR count). The molecule has 0 aromatic heterocycles. The molecule has 0 bridgehead atoms. The van der Waals surface area contributed by atoms with Crippen molar-refractivity contribution in [2.24, 2.45) is 16.7 Å². The fraction of sp³-hybridized carbons (Fsp3) is 0.409. The fourth-order valence-electron chi connectivity index (χ4n) is 4.17. The minimum absolute atomic E-state index is 0.218. The van der Waals surface area contributed by atoms with Crippen molar-refractivity contribution in [1.29, 1.82) is 0 Å². The van der Waals surface area contributed by atoms with E-state index in [0.717, 1.165) is 0 Å². The Morgan fingerprint density at radius 2 is 1.74 bits per heavy atom. The maximum atomic E-state index is 13.6. The van der Waals surface area contributed by atoms with Crippen LogP contribution in [0.1, 0.15) is 27.2 Å². The SMILES string of the molecule is C=C1C(=O)C=C[C@]2(C)C=C[C@@H](O)C(C)(C)C[C@H](S(=O)(=O)c3ccccc3)[C@H]12. The Labute approximate surface area is 161 Å². The summed E-state index contributed by atoms with van der Waals surface area (Å²) in [6, 6.07) is 8.30. The number of carbonyl (C=O) groups is 1. The van der Waals surface area contributed by atoms with Gasteiger partial charge in [0, 0.05) is 11.3 Å². The van der Waals surface area contributed by atoms with Gasteiger partial charge in [-0.2, -0.15) is 0 Å². The van der Waals surface area contributed by atoms with Crippen LogP contribution in [0.2, 0.25) is 0 Å². The van der Waals surface area contributed by atoms with Crippen LogP contribution in [-0.2, 0) is 14.6 Å². The van der Waals surface area contributed by atoms with Crippen molar-refractivity contribution in [1.82, 2.24) is 0 Å². The normalized spacial score (nSPS) is 33.3. The Balaban J connectivity index is 2.25. The molecule has 0 aliphatic heterocycles. The molecule has 0 spiro atoms. The molecule has 0 unspecified atom stereocenters. The van der Waals surface area contributed by atoms with Gasteiger partial charge in [0.1, 0.15) is 0 Å². The number of aliphatic hydroxyl groups is 1. The maximum absolute atomic E-state index is 13.6. The van der Waals surface area contributed by atoms with Crippen LogP contribution < -0.4 is 0 Å². The van der Waals surface area contributed by atoms with Crippen LogP contribution in [0.5, 0.6) is 0 Å². The van der Waals surface area contributed by atoms with E-state index in [1.165, 1.54) is 6.08 Å². The summed E-state index contributed by atoms with van der Waals surface area (Å²) >= 11 is 0. The Morgan fingerprint density at radius 3 is 2.37 bits per heavy atom. The average Bonchev–Trinajstić information content (AvgIpc) is 2.62. The van der Waals surface area contributed by atoms with Gasteiger partial charge in [-0.3, -0.25) is 4.79 Å². The number of allylic oxidation sites excluding steroid dienone is 4. The molecule has 4 nitrogen and oxygen atoms in total. The highest BCUT2D eigenvalue weighted by Crippen LogP contribution is 2.49. The molecule has 4 atom stereocenters. The lowest BCUT2D eigenvalue weighted by atomic mass is 9.63. The first-order valence-electron chi connectivity index (χ1n) is 9.08. The molecule has 5 heteroatoms. The van der Waals surface area contributed by atoms with E-state index in [-0.39, 0.29) is 17.1 Å². The molecule has 2 aliphatic carbocycles. The van der Waals surface area contributed by atoms with Gasteiger partial charge in [-0.25, -0.2) is 8.42 Å². The summed E-state index contributed by atoms with van der Waals surface area (Å²) in [5.41, 5.74) is -1.08. The molecule has 2 aliphatic rings. The molecule has 0 fully saturated rings. The lowest BCUT2D eigenvalue weighted by Crippen LogP contribution is -2.48.